The molecule has 5 nitrogen and oxygen atoms in total. The van der Waals surface area contributed by atoms with Gasteiger partial charge in [-0.2, -0.15) is 0 Å². The summed E-state index contributed by atoms with van der Waals surface area (Å²) >= 11 is 1.84. The summed E-state index contributed by atoms with van der Waals surface area (Å²) in [6.45, 7) is 2.77. The number of nitrogens with zero attached hydrogens (tertiary/aromatic N) is 2. The van der Waals surface area contributed by atoms with Crippen molar-refractivity contribution >= 4 is 27.4 Å². The van der Waals surface area contributed by atoms with Gasteiger partial charge in [-0.05, 0) is 43.9 Å². The van der Waals surface area contributed by atoms with Gasteiger partial charge in [0.05, 0.1) is 38.7 Å². The first-order valence-electron chi connectivity index (χ1n) is 9.54. The van der Waals surface area contributed by atoms with Crippen molar-refractivity contribution in [2.75, 3.05) is 33.1 Å². The number of nitrogens with one attached hydrogen (secondary N) is 2. The van der Waals surface area contributed by atoms with Gasteiger partial charge in [0.2, 0.25) is 0 Å². The summed E-state index contributed by atoms with van der Waals surface area (Å²) in [7, 11) is 6.10. The van der Waals surface area contributed by atoms with Gasteiger partial charge < -0.3 is 15.0 Å². The minimum Gasteiger partial charge on any atom is -0.496 e. The van der Waals surface area contributed by atoms with Gasteiger partial charge in [-0.15, -0.1) is 11.3 Å². The molecular weight excluding hydrogens is 356 g/mol. The van der Waals surface area contributed by atoms with E-state index in [1.54, 1.807) is 7.11 Å². The fraction of sp³-hybridized carbons (Fsp3) is 0.429. The van der Waals surface area contributed by atoms with Crippen LogP contribution in [0.1, 0.15) is 34.3 Å². The summed E-state index contributed by atoms with van der Waals surface area (Å²) in [4.78, 5) is 13.4. The maximum Gasteiger partial charge on any atom is 0.139 e. The molecule has 142 valence electrons. The summed E-state index contributed by atoms with van der Waals surface area (Å²) in [5, 5.41) is 4.90. The van der Waals surface area contributed by atoms with E-state index < -0.39 is 0 Å². The van der Waals surface area contributed by atoms with Gasteiger partial charge in [0.1, 0.15) is 28.3 Å². The minimum atomic E-state index is 0.262. The van der Waals surface area contributed by atoms with Crippen LogP contribution in [0.3, 0.4) is 0 Å². The summed E-state index contributed by atoms with van der Waals surface area (Å²) in [5.74, 6) is 2.75. The number of ether oxygens (including phenoxy) is 1. The molecule has 1 aliphatic carbocycles. The van der Waals surface area contributed by atoms with Crippen molar-refractivity contribution in [2.45, 2.75) is 32.2 Å². The molecule has 1 aromatic carbocycles. The van der Waals surface area contributed by atoms with E-state index in [1.165, 1.54) is 39.1 Å². The maximum absolute atomic E-state index is 5.60. The lowest BCUT2D eigenvalue weighted by Crippen LogP contribution is -3.06. The number of anilines is 1. The Morgan fingerprint density at radius 1 is 1.22 bits per heavy atom. The monoisotopic (exact) mass is 383 g/mol. The van der Waals surface area contributed by atoms with Gasteiger partial charge >= 0.3 is 0 Å². The first kappa shape index (κ1) is 18.2. The standard InChI is InChI=1S/C21H26N4OS/c1-13-23-20(19-15-9-7-11-18(15)27-21(19)24-13)22-12-16(25(2)3)14-8-5-6-10-17(14)26-4/h5-6,8,10,16H,7,9,11-12H2,1-4H3,(H,22,23,24)/p+1/t16-/m1/s1. The number of para-hydroxylation sites is 1. The van der Waals surface area contributed by atoms with E-state index in [-0.39, 0.29) is 6.04 Å². The number of likely N-dealkylation sites (N-methyl/N-ethyl adjacent to an activating group) is 1. The highest BCUT2D eigenvalue weighted by molar-refractivity contribution is 7.19. The van der Waals surface area contributed by atoms with Crippen molar-refractivity contribution in [1.82, 2.24) is 9.97 Å². The van der Waals surface area contributed by atoms with Gasteiger partial charge in [-0.3, -0.25) is 0 Å². The van der Waals surface area contributed by atoms with E-state index in [0.717, 1.165) is 35.2 Å². The molecule has 6 heteroatoms. The zero-order chi connectivity index (χ0) is 19.0. The molecule has 0 radical (unpaired) electrons. The van der Waals surface area contributed by atoms with E-state index in [0.29, 0.717) is 0 Å². The molecule has 0 spiro atoms. The number of rotatable bonds is 6. The molecule has 0 bridgehead atoms. The third-order valence-electron chi connectivity index (χ3n) is 5.36. The number of hydrogen-bond acceptors (Lipinski definition) is 5. The molecule has 2 heterocycles. The Hall–Kier alpha value is -2.18. The maximum atomic E-state index is 5.60. The van der Waals surface area contributed by atoms with Crippen LogP contribution in [0.2, 0.25) is 0 Å². The molecule has 0 unspecified atom stereocenters. The SMILES string of the molecule is COc1ccccc1[C@@H](CNc1nc(C)nc2sc3c(c12)CCC3)[NH+](C)C. The zero-order valence-corrected chi connectivity index (χ0v) is 17.2. The van der Waals surface area contributed by atoms with Crippen molar-refractivity contribution in [1.29, 1.82) is 0 Å². The lowest BCUT2D eigenvalue weighted by Gasteiger charge is -2.24. The number of aryl methyl sites for hydroxylation is 3. The molecule has 0 amide bonds. The van der Waals surface area contributed by atoms with E-state index >= 15 is 0 Å². The fourth-order valence-corrected chi connectivity index (χ4v) is 5.32. The third-order valence-corrected chi connectivity index (χ3v) is 6.55. The van der Waals surface area contributed by atoms with Crippen LogP contribution in [0.4, 0.5) is 5.82 Å². The Bertz CT molecular complexity index is 966. The lowest BCUT2D eigenvalue weighted by atomic mass is 10.0. The predicted molar refractivity (Wildman–Crippen MR) is 111 cm³/mol. The number of quaternary nitrogens is 1. The number of fused-ring (bicyclic) bond motifs is 3. The predicted octanol–water partition coefficient (Wildman–Crippen LogP) is 2.79. The van der Waals surface area contributed by atoms with E-state index in [2.05, 4.69) is 36.5 Å². The second-order valence-corrected chi connectivity index (χ2v) is 8.49. The minimum absolute atomic E-state index is 0.262. The quantitative estimate of drug-likeness (QED) is 0.687. The van der Waals surface area contributed by atoms with Gasteiger partial charge in [-0.1, -0.05) is 12.1 Å². The van der Waals surface area contributed by atoms with Crippen LogP contribution >= 0.6 is 11.3 Å². The molecule has 1 atom stereocenters. The average Bonchev–Trinajstić information content (AvgIpc) is 3.22. The average molecular weight is 384 g/mol. The summed E-state index contributed by atoms with van der Waals surface area (Å²) in [6.07, 6.45) is 3.57. The van der Waals surface area contributed by atoms with Crippen molar-refractivity contribution in [3.05, 3.63) is 46.1 Å². The van der Waals surface area contributed by atoms with E-state index in [1.807, 2.05) is 30.4 Å². The number of aromatic nitrogens is 2. The molecule has 1 aliphatic rings. The topological polar surface area (TPSA) is 51.5 Å². The highest BCUT2D eigenvalue weighted by Gasteiger charge is 2.25. The second kappa shape index (κ2) is 7.44. The molecule has 0 saturated carbocycles. The first-order chi connectivity index (χ1) is 13.1. The number of benzene rings is 1. The van der Waals surface area contributed by atoms with Crippen LogP contribution in [0.25, 0.3) is 10.2 Å². The van der Waals surface area contributed by atoms with Crippen molar-refractivity contribution in [3.63, 3.8) is 0 Å². The van der Waals surface area contributed by atoms with Gasteiger partial charge in [0.25, 0.3) is 0 Å². The number of methoxy groups -OCH3 is 1. The van der Waals surface area contributed by atoms with Crippen LogP contribution in [-0.2, 0) is 12.8 Å². The van der Waals surface area contributed by atoms with Crippen LogP contribution < -0.4 is 15.0 Å². The highest BCUT2D eigenvalue weighted by atomic mass is 32.1. The molecule has 2 N–H and O–H groups in total. The van der Waals surface area contributed by atoms with Crippen molar-refractivity contribution in [2.24, 2.45) is 0 Å². The molecule has 0 fully saturated rings. The molecule has 3 aromatic rings. The Morgan fingerprint density at radius 2 is 2.04 bits per heavy atom. The first-order valence-corrected chi connectivity index (χ1v) is 10.4. The number of thiophene rings is 1. The fourth-order valence-electron chi connectivity index (χ4n) is 4.01. The van der Waals surface area contributed by atoms with Crippen LogP contribution in [0.15, 0.2) is 24.3 Å². The third kappa shape index (κ3) is 3.39. The second-order valence-electron chi connectivity index (χ2n) is 7.41. The molecule has 27 heavy (non-hydrogen) atoms. The van der Waals surface area contributed by atoms with E-state index in [9.17, 15) is 0 Å². The van der Waals surface area contributed by atoms with Gasteiger partial charge in [-0.25, -0.2) is 9.97 Å². The Balaban J connectivity index is 1.67. The Morgan fingerprint density at radius 3 is 2.81 bits per heavy atom. The normalized spacial score (nSPS) is 14.6. The van der Waals surface area contributed by atoms with Crippen molar-refractivity contribution < 1.29 is 9.64 Å². The van der Waals surface area contributed by atoms with Gasteiger partial charge in [0, 0.05) is 4.88 Å². The molecule has 2 aromatic heterocycles. The largest absolute Gasteiger partial charge is 0.496 e. The Kier molecular flexibility index (Phi) is 5.02. The van der Waals surface area contributed by atoms with Crippen molar-refractivity contribution in [3.8, 4) is 5.75 Å². The Labute approximate surface area is 164 Å². The zero-order valence-electron chi connectivity index (χ0n) is 16.4. The molecular formula is C21H27N4OS+. The summed E-state index contributed by atoms with van der Waals surface area (Å²) in [5.41, 5.74) is 2.67. The lowest BCUT2D eigenvalue weighted by molar-refractivity contribution is -0.890. The van der Waals surface area contributed by atoms with Crippen LogP contribution in [0, 0.1) is 6.92 Å². The highest BCUT2D eigenvalue weighted by Crippen LogP contribution is 2.39. The number of hydrogen-bond donors (Lipinski definition) is 2. The molecule has 4 rings (SSSR count). The molecule has 0 aliphatic heterocycles. The van der Waals surface area contributed by atoms with Gasteiger partial charge in [0.15, 0.2) is 0 Å². The van der Waals surface area contributed by atoms with Crippen LogP contribution in [-0.4, -0.2) is 37.7 Å². The van der Waals surface area contributed by atoms with E-state index in [4.69, 9.17) is 9.72 Å². The summed E-state index contributed by atoms with van der Waals surface area (Å²) in [6, 6.07) is 8.54. The molecule has 0 saturated heterocycles. The smallest absolute Gasteiger partial charge is 0.139 e. The summed E-state index contributed by atoms with van der Waals surface area (Å²) < 4.78 is 5.60. The van der Waals surface area contributed by atoms with Crippen LogP contribution in [0.5, 0.6) is 5.75 Å².